The molecule has 176 valence electrons. The third kappa shape index (κ3) is 5.51. The van der Waals surface area contributed by atoms with E-state index in [-0.39, 0.29) is 22.9 Å². The van der Waals surface area contributed by atoms with E-state index in [0.29, 0.717) is 22.3 Å². The minimum absolute atomic E-state index is 0.0554. The Morgan fingerprint density at radius 3 is 2.50 bits per heavy atom. The van der Waals surface area contributed by atoms with Crippen LogP contribution in [0.25, 0.3) is 11.1 Å². The molecular formula is C24H21FN2O6S. The quantitative estimate of drug-likeness (QED) is 0.493. The van der Waals surface area contributed by atoms with Gasteiger partial charge in [-0.1, -0.05) is 18.2 Å². The number of aliphatic carboxylic acids is 1. The highest BCUT2D eigenvalue weighted by atomic mass is 32.2. The maximum atomic E-state index is 14.1. The zero-order valence-corrected chi connectivity index (χ0v) is 19.2. The van der Waals surface area contributed by atoms with Crippen molar-refractivity contribution in [1.82, 2.24) is 4.31 Å². The maximum Gasteiger partial charge on any atom is 0.341 e. The Morgan fingerprint density at radius 2 is 1.85 bits per heavy atom. The second-order valence-electron chi connectivity index (χ2n) is 7.26. The van der Waals surface area contributed by atoms with Crippen LogP contribution in [-0.4, -0.2) is 44.6 Å². The van der Waals surface area contributed by atoms with E-state index in [2.05, 4.69) is 0 Å². The van der Waals surface area contributed by atoms with Crippen LogP contribution in [0.2, 0.25) is 0 Å². The van der Waals surface area contributed by atoms with Gasteiger partial charge in [0.2, 0.25) is 10.0 Å². The predicted molar refractivity (Wildman–Crippen MR) is 121 cm³/mol. The van der Waals surface area contributed by atoms with Gasteiger partial charge in [-0.15, -0.1) is 0 Å². The molecule has 10 heteroatoms. The highest BCUT2D eigenvalue weighted by molar-refractivity contribution is 7.89. The van der Waals surface area contributed by atoms with Crippen molar-refractivity contribution in [1.29, 1.82) is 5.26 Å². The number of sulfonamides is 1. The van der Waals surface area contributed by atoms with E-state index >= 15 is 0 Å². The largest absolute Gasteiger partial charge is 0.494 e. The summed E-state index contributed by atoms with van der Waals surface area (Å²) < 4.78 is 51.3. The van der Waals surface area contributed by atoms with E-state index in [1.807, 2.05) is 6.07 Å². The summed E-state index contributed by atoms with van der Waals surface area (Å²) in [5.74, 6) is -1.75. The topological polar surface area (TPSA) is 117 Å². The van der Waals surface area contributed by atoms with Gasteiger partial charge in [-0.05, 0) is 53.6 Å². The highest BCUT2D eigenvalue weighted by Crippen LogP contribution is 2.33. The number of nitriles is 1. The molecule has 0 saturated carbocycles. The summed E-state index contributed by atoms with van der Waals surface area (Å²) in [6.45, 7) is -0.623. The lowest BCUT2D eigenvalue weighted by Crippen LogP contribution is -2.26. The predicted octanol–water partition coefficient (Wildman–Crippen LogP) is 3.66. The molecular weight excluding hydrogens is 463 g/mol. The van der Waals surface area contributed by atoms with Crippen molar-refractivity contribution in [2.75, 3.05) is 20.8 Å². The summed E-state index contributed by atoms with van der Waals surface area (Å²) in [6, 6.07) is 16.9. The van der Waals surface area contributed by atoms with Crippen LogP contribution in [0.1, 0.15) is 11.1 Å². The average molecular weight is 485 g/mol. The molecule has 0 atom stereocenters. The number of halogens is 1. The van der Waals surface area contributed by atoms with Gasteiger partial charge in [0.25, 0.3) is 0 Å². The van der Waals surface area contributed by atoms with Crippen molar-refractivity contribution in [3.63, 3.8) is 0 Å². The van der Waals surface area contributed by atoms with Crippen LogP contribution in [0.4, 0.5) is 4.39 Å². The van der Waals surface area contributed by atoms with E-state index < -0.39 is 28.4 Å². The van der Waals surface area contributed by atoms with Gasteiger partial charge in [0.15, 0.2) is 18.2 Å². The Morgan fingerprint density at radius 1 is 1.12 bits per heavy atom. The average Bonchev–Trinajstić information content (AvgIpc) is 2.82. The van der Waals surface area contributed by atoms with Gasteiger partial charge in [-0.3, -0.25) is 0 Å². The standard InChI is InChI=1S/C24H21FN2O6S/c1-27(34(30,31)19-7-9-23(32-2)21(25)12-19)14-17-6-8-22(33-15-24(28)29)20(11-17)18-5-3-4-16(10-18)13-26/h3-12H,14-15H2,1-2H3,(H,28,29). The first-order valence-electron chi connectivity index (χ1n) is 9.93. The molecule has 0 amide bonds. The van der Waals surface area contributed by atoms with Crippen LogP contribution in [-0.2, 0) is 21.4 Å². The Bertz CT molecular complexity index is 1370. The number of carboxylic acids is 1. The van der Waals surface area contributed by atoms with Crippen LogP contribution in [0.3, 0.4) is 0 Å². The van der Waals surface area contributed by atoms with E-state index in [9.17, 15) is 22.9 Å². The van der Waals surface area contributed by atoms with Crippen LogP contribution >= 0.6 is 0 Å². The third-order valence-electron chi connectivity index (χ3n) is 4.93. The summed E-state index contributed by atoms with van der Waals surface area (Å²) in [6.07, 6.45) is 0. The van der Waals surface area contributed by atoms with Gasteiger partial charge in [0, 0.05) is 19.2 Å². The number of methoxy groups -OCH3 is 1. The second-order valence-corrected chi connectivity index (χ2v) is 9.31. The highest BCUT2D eigenvalue weighted by Gasteiger charge is 2.23. The van der Waals surface area contributed by atoms with Gasteiger partial charge < -0.3 is 14.6 Å². The first-order valence-corrected chi connectivity index (χ1v) is 11.4. The Balaban J connectivity index is 1.95. The van der Waals surface area contributed by atoms with Crippen molar-refractivity contribution in [2.24, 2.45) is 0 Å². The lowest BCUT2D eigenvalue weighted by Gasteiger charge is -2.19. The second kappa shape index (κ2) is 10.3. The molecule has 0 aliphatic carbocycles. The van der Waals surface area contributed by atoms with E-state index in [0.717, 1.165) is 10.4 Å². The molecule has 0 heterocycles. The smallest absolute Gasteiger partial charge is 0.341 e. The molecule has 0 fully saturated rings. The van der Waals surface area contributed by atoms with Gasteiger partial charge >= 0.3 is 5.97 Å². The number of carbonyl (C=O) groups is 1. The molecule has 0 spiro atoms. The number of hydrogen-bond donors (Lipinski definition) is 1. The van der Waals surface area contributed by atoms with Crippen molar-refractivity contribution < 1.29 is 32.2 Å². The molecule has 0 aliphatic rings. The lowest BCUT2D eigenvalue weighted by molar-refractivity contribution is -0.139. The number of carboxylic acid groups (broad SMARTS) is 1. The zero-order chi connectivity index (χ0) is 24.9. The van der Waals surface area contributed by atoms with Crippen LogP contribution < -0.4 is 9.47 Å². The van der Waals surface area contributed by atoms with E-state index in [1.165, 1.54) is 26.3 Å². The van der Waals surface area contributed by atoms with Crippen LogP contribution in [0, 0.1) is 17.1 Å². The summed E-state index contributed by atoms with van der Waals surface area (Å²) >= 11 is 0. The zero-order valence-electron chi connectivity index (χ0n) is 18.4. The van der Waals surface area contributed by atoms with Crippen molar-refractivity contribution in [3.05, 3.63) is 77.6 Å². The minimum atomic E-state index is -4.02. The Labute approximate surface area is 196 Å². The maximum absolute atomic E-state index is 14.1. The molecule has 3 rings (SSSR count). The number of rotatable bonds is 9. The summed E-state index contributed by atoms with van der Waals surface area (Å²) in [5.41, 5.74) is 2.06. The molecule has 0 radical (unpaired) electrons. The van der Waals surface area contributed by atoms with E-state index in [1.54, 1.807) is 42.5 Å². The molecule has 1 N–H and O–H groups in total. The van der Waals surface area contributed by atoms with Crippen LogP contribution in [0.5, 0.6) is 11.5 Å². The molecule has 8 nitrogen and oxygen atoms in total. The Kier molecular flexibility index (Phi) is 7.50. The van der Waals surface area contributed by atoms with Gasteiger partial charge in [0.1, 0.15) is 5.75 Å². The molecule has 34 heavy (non-hydrogen) atoms. The summed E-state index contributed by atoms with van der Waals surface area (Å²) in [5, 5.41) is 18.2. The van der Waals surface area contributed by atoms with E-state index in [4.69, 9.17) is 14.6 Å². The minimum Gasteiger partial charge on any atom is -0.494 e. The molecule has 0 saturated heterocycles. The normalized spacial score (nSPS) is 11.1. The first kappa shape index (κ1) is 24.7. The number of nitrogens with zero attached hydrogens (tertiary/aromatic N) is 2. The molecule has 0 unspecified atom stereocenters. The van der Waals surface area contributed by atoms with Gasteiger partial charge in [-0.2, -0.15) is 9.57 Å². The monoisotopic (exact) mass is 484 g/mol. The molecule has 0 aliphatic heterocycles. The number of hydrogen-bond acceptors (Lipinski definition) is 6. The fourth-order valence-corrected chi connectivity index (χ4v) is 4.42. The van der Waals surface area contributed by atoms with Crippen molar-refractivity contribution in [2.45, 2.75) is 11.4 Å². The summed E-state index contributed by atoms with van der Waals surface area (Å²) in [7, 11) is -1.37. The molecule has 3 aromatic carbocycles. The van der Waals surface area contributed by atoms with Crippen molar-refractivity contribution in [3.8, 4) is 28.7 Å². The molecule has 0 bridgehead atoms. The summed E-state index contributed by atoms with van der Waals surface area (Å²) in [4.78, 5) is 10.7. The van der Waals surface area contributed by atoms with Crippen LogP contribution in [0.15, 0.2) is 65.6 Å². The third-order valence-corrected chi connectivity index (χ3v) is 6.73. The fraction of sp³-hybridized carbons (Fsp3) is 0.167. The first-order chi connectivity index (χ1) is 16.1. The van der Waals surface area contributed by atoms with Gasteiger partial charge in [0.05, 0.1) is 23.6 Å². The fourth-order valence-electron chi connectivity index (χ4n) is 3.25. The van der Waals surface area contributed by atoms with Gasteiger partial charge in [-0.25, -0.2) is 17.6 Å². The van der Waals surface area contributed by atoms with Crippen molar-refractivity contribution >= 4 is 16.0 Å². The number of ether oxygens (including phenoxy) is 2. The Hall–Kier alpha value is -3.94. The number of benzene rings is 3. The SMILES string of the molecule is COc1ccc(S(=O)(=O)N(C)Cc2ccc(OCC(=O)O)c(-c3cccc(C#N)c3)c2)cc1F. The lowest BCUT2D eigenvalue weighted by atomic mass is 10.00. The molecule has 3 aromatic rings. The molecule has 0 aromatic heterocycles.